The van der Waals surface area contributed by atoms with Crippen LogP contribution in [0, 0.1) is 0 Å². The minimum atomic E-state index is 0.0613. The van der Waals surface area contributed by atoms with Crippen molar-refractivity contribution in [3.05, 3.63) is 30.1 Å². The van der Waals surface area contributed by atoms with Gasteiger partial charge in [-0.1, -0.05) is 6.07 Å². The number of hydrogen-bond acceptors (Lipinski definition) is 3. The van der Waals surface area contributed by atoms with Crippen LogP contribution in [0.2, 0.25) is 0 Å². The number of aromatic nitrogens is 1. The van der Waals surface area contributed by atoms with Gasteiger partial charge in [-0.05, 0) is 19.2 Å². The van der Waals surface area contributed by atoms with Crippen LogP contribution in [0.3, 0.4) is 0 Å². The maximum Gasteiger partial charge on any atom is 0.153 e. The third-order valence-corrected chi connectivity index (χ3v) is 2.06. The highest BCUT2D eigenvalue weighted by molar-refractivity contribution is 5.07. The fraction of sp³-hybridized carbons (Fsp3) is 0.444. The Morgan fingerprint density at radius 1 is 1.58 bits per heavy atom. The molecular formula is C9H12N2O. The predicted octanol–water partition coefficient (Wildman–Crippen LogP) is 1.04. The van der Waals surface area contributed by atoms with E-state index >= 15 is 0 Å². The smallest absolute Gasteiger partial charge is 0.153 e. The summed E-state index contributed by atoms with van der Waals surface area (Å²) in [7, 11) is 2.05. The SMILES string of the molecule is CN1CCOC1c1ccccn1. The van der Waals surface area contributed by atoms with E-state index in [1.807, 2.05) is 25.2 Å². The summed E-state index contributed by atoms with van der Waals surface area (Å²) in [6, 6.07) is 5.89. The van der Waals surface area contributed by atoms with Crippen LogP contribution in [0.4, 0.5) is 0 Å². The van der Waals surface area contributed by atoms with E-state index in [1.165, 1.54) is 0 Å². The predicted molar refractivity (Wildman–Crippen MR) is 45.6 cm³/mol. The van der Waals surface area contributed by atoms with Crippen molar-refractivity contribution >= 4 is 0 Å². The Kier molecular flexibility index (Phi) is 2.06. The fourth-order valence-electron chi connectivity index (χ4n) is 1.39. The van der Waals surface area contributed by atoms with Crippen LogP contribution in [0.15, 0.2) is 24.4 Å². The zero-order chi connectivity index (χ0) is 8.39. The quantitative estimate of drug-likeness (QED) is 0.620. The molecule has 0 amide bonds. The van der Waals surface area contributed by atoms with E-state index in [9.17, 15) is 0 Å². The van der Waals surface area contributed by atoms with Gasteiger partial charge in [-0.15, -0.1) is 0 Å². The third kappa shape index (κ3) is 1.33. The standard InChI is InChI=1S/C9H12N2O/c1-11-6-7-12-9(11)8-4-2-3-5-10-8/h2-5,9H,6-7H2,1H3. The Labute approximate surface area is 72.0 Å². The van der Waals surface area contributed by atoms with Crippen molar-refractivity contribution in [3.63, 3.8) is 0 Å². The largest absolute Gasteiger partial charge is 0.356 e. The maximum atomic E-state index is 5.51. The van der Waals surface area contributed by atoms with Crippen molar-refractivity contribution in [3.8, 4) is 0 Å². The van der Waals surface area contributed by atoms with Gasteiger partial charge in [-0.2, -0.15) is 0 Å². The molecule has 64 valence electrons. The van der Waals surface area contributed by atoms with E-state index < -0.39 is 0 Å². The molecule has 1 saturated heterocycles. The highest BCUT2D eigenvalue weighted by Gasteiger charge is 2.23. The zero-order valence-electron chi connectivity index (χ0n) is 7.10. The van der Waals surface area contributed by atoms with Crippen molar-refractivity contribution in [2.24, 2.45) is 0 Å². The molecule has 0 bridgehead atoms. The monoisotopic (exact) mass is 164 g/mol. The van der Waals surface area contributed by atoms with Crippen LogP contribution in [0.25, 0.3) is 0 Å². The third-order valence-electron chi connectivity index (χ3n) is 2.06. The molecule has 2 rings (SSSR count). The number of ether oxygens (including phenoxy) is 1. The zero-order valence-corrected chi connectivity index (χ0v) is 7.10. The molecule has 0 aliphatic carbocycles. The molecule has 1 aliphatic heterocycles. The molecule has 0 spiro atoms. The molecule has 2 heterocycles. The van der Waals surface area contributed by atoms with Gasteiger partial charge in [0.05, 0.1) is 12.3 Å². The van der Waals surface area contributed by atoms with Crippen LogP contribution in [-0.4, -0.2) is 30.1 Å². The minimum absolute atomic E-state index is 0.0613. The lowest BCUT2D eigenvalue weighted by molar-refractivity contribution is 0.0418. The molecule has 1 aromatic rings. The number of pyridine rings is 1. The number of likely N-dealkylation sites (N-methyl/N-ethyl adjacent to an activating group) is 1. The van der Waals surface area contributed by atoms with Crippen LogP contribution in [-0.2, 0) is 4.74 Å². The topological polar surface area (TPSA) is 25.4 Å². The molecule has 0 aromatic carbocycles. The summed E-state index contributed by atoms with van der Waals surface area (Å²) in [6.45, 7) is 1.79. The van der Waals surface area contributed by atoms with E-state index in [4.69, 9.17) is 4.74 Å². The van der Waals surface area contributed by atoms with Gasteiger partial charge in [0.2, 0.25) is 0 Å². The fourth-order valence-corrected chi connectivity index (χ4v) is 1.39. The first-order valence-electron chi connectivity index (χ1n) is 4.11. The molecule has 3 heteroatoms. The van der Waals surface area contributed by atoms with Gasteiger partial charge in [0.1, 0.15) is 0 Å². The summed E-state index contributed by atoms with van der Waals surface area (Å²) in [6.07, 6.45) is 1.86. The molecule has 12 heavy (non-hydrogen) atoms. The lowest BCUT2D eigenvalue weighted by Crippen LogP contribution is -2.19. The Balaban J connectivity index is 2.19. The van der Waals surface area contributed by atoms with E-state index in [-0.39, 0.29) is 6.23 Å². The molecule has 1 atom stereocenters. The highest BCUT2D eigenvalue weighted by Crippen LogP contribution is 2.22. The molecule has 1 aromatic heterocycles. The van der Waals surface area contributed by atoms with E-state index in [0.717, 1.165) is 18.8 Å². The van der Waals surface area contributed by atoms with Crippen LogP contribution < -0.4 is 0 Å². The van der Waals surface area contributed by atoms with Gasteiger partial charge in [0, 0.05) is 12.7 Å². The normalized spacial score (nSPS) is 24.6. The molecule has 1 unspecified atom stereocenters. The van der Waals surface area contributed by atoms with E-state index in [2.05, 4.69) is 9.88 Å². The lowest BCUT2D eigenvalue weighted by Gasteiger charge is -2.16. The maximum absolute atomic E-state index is 5.51. The van der Waals surface area contributed by atoms with E-state index in [1.54, 1.807) is 6.20 Å². The summed E-state index contributed by atoms with van der Waals surface area (Å²) in [5.41, 5.74) is 0.998. The molecule has 3 nitrogen and oxygen atoms in total. The van der Waals surface area contributed by atoms with Gasteiger partial charge in [0.15, 0.2) is 6.23 Å². The highest BCUT2D eigenvalue weighted by atomic mass is 16.5. The Hall–Kier alpha value is -0.930. The van der Waals surface area contributed by atoms with Crippen LogP contribution >= 0.6 is 0 Å². The lowest BCUT2D eigenvalue weighted by atomic mass is 10.3. The number of rotatable bonds is 1. The van der Waals surface area contributed by atoms with Gasteiger partial charge < -0.3 is 4.74 Å². The first-order chi connectivity index (χ1) is 5.88. The minimum Gasteiger partial charge on any atom is -0.356 e. The van der Waals surface area contributed by atoms with Crippen LogP contribution in [0.5, 0.6) is 0 Å². The summed E-state index contributed by atoms with van der Waals surface area (Å²) >= 11 is 0. The Bertz CT molecular complexity index is 250. The second-order valence-electron chi connectivity index (χ2n) is 2.96. The average Bonchev–Trinajstić information content (AvgIpc) is 2.53. The second-order valence-corrected chi connectivity index (χ2v) is 2.96. The molecule has 1 aliphatic rings. The molecular weight excluding hydrogens is 152 g/mol. The number of nitrogens with zero attached hydrogens (tertiary/aromatic N) is 2. The Morgan fingerprint density at radius 2 is 2.50 bits per heavy atom. The molecule has 0 radical (unpaired) electrons. The van der Waals surface area contributed by atoms with Gasteiger partial charge >= 0.3 is 0 Å². The summed E-state index contributed by atoms with van der Waals surface area (Å²) < 4.78 is 5.51. The summed E-state index contributed by atoms with van der Waals surface area (Å²) in [5.74, 6) is 0. The van der Waals surface area contributed by atoms with Crippen molar-refractivity contribution in [1.29, 1.82) is 0 Å². The van der Waals surface area contributed by atoms with Crippen molar-refractivity contribution in [2.75, 3.05) is 20.2 Å². The van der Waals surface area contributed by atoms with Crippen molar-refractivity contribution in [1.82, 2.24) is 9.88 Å². The molecule has 0 saturated carbocycles. The molecule has 1 fully saturated rings. The number of hydrogen-bond donors (Lipinski definition) is 0. The molecule has 0 N–H and O–H groups in total. The second kappa shape index (κ2) is 3.21. The van der Waals surface area contributed by atoms with Crippen molar-refractivity contribution in [2.45, 2.75) is 6.23 Å². The average molecular weight is 164 g/mol. The van der Waals surface area contributed by atoms with Gasteiger partial charge in [-0.3, -0.25) is 9.88 Å². The van der Waals surface area contributed by atoms with E-state index in [0.29, 0.717) is 0 Å². The van der Waals surface area contributed by atoms with Crippen molar-refractivity contribution < 1.29 is 4.74 Å². The van der Waals surface area contributed by atoms with Crippen LogP contribution in [0.1, 0.15) is 11.9 Å². The first kappa shape index (κ1) is 7.71. The Morgan fingerprint density at radius 3 is 3.08 bits per heavy atom. The van der Waals surface area contributed by atoms with Gasteiger partial charge in [0.25, 0.3) is 0 Å². The summed E-state index contributed by atoms with van der Waals surface area (Å²) in [4.78, 5) is 6.40. The summed E-state index contributed by atoms with van der Waals surface area (Å²) in [5, 5.41) is 0. The van der Waals surface area contributed by atoms with Gasteiger partial charge in [-0.25, -0.2) is 0 Å². The first-order valence-corrected chi connectivity index (χ1v) is 4.11.